The van der Waals surface area contributed by atoms with E-state index in [4.69, 9.17) is 4.74 Å². The maximum absolute atomic E-state index is 10.4. The summed E-state index contributed by atoms with van der Waals surface area (Å²) in [6, 6.07) is 7.49. The number of thiophene rings is 1. The van der Waals surface area contributed by atoms with Gasteiger partial charge in [-0.15, -0.1) is 11.3 Å². The van der Waals surface area contributed by atoms with Gasteiger partial charge in [0.2, 0.25) is 0 Å². The van der Waals surface area contributed by atoms with Crippen molar-refractivity contribution < 1.29 is 20.1 Å². The number of allylic oxidation sites excluding steroid dienone is 3. The molecule has 2 rings (SSSR count). The summed E-state index contributed by atoms with van der Waals surface area (Å²) in [4.78, 5) is 1.11. The van der Waals surface area contributed by atoms with Gasteiger partial charge in [0.15, 0.2) is 0 Å². The third-order valence-electron chi connectivity index (χ3n) is 5.23. The molecule has 29 heavy (non-hydrogen) atoms. The zero-order valence-corrected chi connectivity index (χ0v) is 18.3. The van der Waals surface area contributed by atoms with E-state index in [1.807, 2.05) is 32.1 Å². The summed E-state index contributed by atoms with van der Waals surface area (Å²) >= 11 is 1.65. The van der Waals surface area contributed by atoms with Gasteiger partial charge in [0.25, 0.3) is 0 Å². The van der Waals surface area contributed by atoms with Crippen molar-refractivity contribution in [1.82, 2.24) is 0 Å². The largest absolute Gasteiger partial charge is 0.488 e. The Bertz CT molecular complexity index is 831. The van der Waals surface area contributed by atoms with Gasteiger partial charge in [-0.05, 0) is 65.1 Å². The normalized spacial score (nSPS) is 12.7. The number of hydrogen-bond acceptors (Lipinski definition) is 5. The van der Waals surface area contributed by atoms with E-state index in [2.05, 4.69) is 24.4 Å². The Balaban J connectivity index is 2.05. The molecule has 3 N–H and O–H groups in total. The molecule has 0 aliphatic rings. The molecule has 0 bridgehead atoms. The van der Waals surface area contributed by atoms with E-state index >= 15 is 0 Å². The van der Waals surface area contributed by atoms with Crippen LogP contribution in [-0.2, 0) is 19.8 Å². The second-order valence-electron chi connectivity index (χ2n) is 7.05. The first-order valence-electron chi connectivity index (χ1n) is 10.1. The molecule has 0 radical (unpaired) electrons. The van der Waals surface area contributed by atoms with Gasteiger partial charge >= 0.3 is 0 Å². The molecule has 0 aliphatic heterocycles. The maximum atomic E-state index is 10.4. The highest BCUT2D eigenvalue weighted by molar-refractivity contribution is 7.10. The third-order valence-corrected chi connectivity index (χ3v) is 6.14. The van der Waals surface area contributed by atoms with E-state index < -0.39 is 5.60 Å². The molecule has 1 aromatic carbocycles. The van der Waals surface area contributed by atoms with Crippen LogP contribution in [0.1, 0.15) is 61.6 Å². The van der Waals surface area contributed by atoms with Crippen molar-refractivity contribution in [1.29, 1.82) is 0 Å². The molecule has 1 heterocycles. The summed E-state index contributed by atoms with van der Waals surface area (Å²) in [5.74, 6) is 0.675. The van der Waals surface area contributed by atoms with Crippen molar-refractivity contribution in [2.24, 2.45) is 0 Å². The quantitative estimate of drug-likeness (QED) is 0.440. The Morgan fingerprint density at radius 3 is 2.41 bits per heavy atom. The minimum Gasteiger partial charge on any atom is -0.488 e. The van der Waals surface area contributed by atoms with Crippen molar-refractivity contribution in [3.63, 3.8) is 0 Å². The van der Waals surface area contributed by atoms with Crippen LogP contribution < -0.4 is 4.74 Å². The number of hydrogen-bond donors (Lipinski definition) is 3. The van der Waals surface area contributed by atoms with Crippen molar-refractivity contribution in [2.75, 3.05) is 0 Å². The van der Waals surface area contributed by atoms with E-state index in [-0.39, 0.29) is 13.2 Å². The van der Waals surface area contributed by atoms with Crippen LogP contribution in [0.5, 0.6) is 5.75 Å². The Kier molecular flexibility index (Phi) is 9.11. The first kappa shape index (κ1) is 23.4. The fourth-order valence-corrected chi connectivity index (χ4v) is 3.84. The van der Waals surface area contributed by atoms with E-state index in [0.717, 1.165) is 11.3 Å². The molecule has 0 fully saturated rings. The van der Waals surface area contributed by atoms with Gasteiger partial charge in [-0.1, -0.05) is 45.1 Å². The van der Waals surface area contributed by atoms with E-state index in [1.165, 1.54) is 11.1 Å². The van der Waals surface area contributed by atoms with Crippen LogP contribution in [0, 0.1) is 0 Å². The Hall–Kier alpha value is -1.92. The molecule has 2 aromatic rings. The third kappa shape index (κ3) is 6.54. The summed E-state index contributed by atoms with van der Waals surface area (Å²) in [6.45, 7) is 6.33. The van der Waals surface area contributed by atoms with E-state index in [9.17, 15) is 15.3 Å². The second kappa shape index (κ2) is 11.3. The zero-order valence-electron chi connectivity index (χ0n) is 17.5. The number of ether oxygens (including phenoxy) is 1. The summed E-state index contributed by atoms with van der Waals surface area (Å²) in [6.07, 6.45) is 8.22. The van der Waals surface area contributed by atoms with Gasteiger partial charge in [0, 0.05) is 4.88 Å². The highest BCUT2D eigenvalue weighted by Gasteiger charge is 2.16. The Morgan fingerprint density at radius 1 is 1.07 bits per heavy atom. The predicted octanol–water partition coefficient (Wildman–Crippen LogP) is 5.21. The molecule has 0 atom stereocenters. The molecule has 158 valence electrons. The average molecular weight is 417 g/mol. The van der Waals surface area contributed by atoms with Crippen LogP contribution >= 0.6 is 11.3 Å². The Morgan fingerprint density at radius 2 is 1.79 bits per heavy atom. The number of aliphatic hydroxyl groups excluding tert-OH is 2. The molecule has 4 nitrogen and oxygen atoms in total. The van der Waals surface area contributed by atoms with Gasteiger partial charge in [0.05, 0.1) is 18.8 Å². The van der Waals surface area contributed by atoms with Gasteiger partial charge in [-0.25, -0.2) is 0 Å². The van der Waals surface area contributed by atoms with Crippen molar-refractivity contribution >= 4 is 16.9 Å². The first-order chi connectivity index (χ1) is 14.0. The van der Waals surface area contributed by atoms with Crippen LogP contribution in [0.15, 0.2) is 47.9 Å². The van der Waals surface area contributed by atoms with Crippen LogP contribution in [0.2, 0.25) is 0 Å². The van der Waals surface area contributed by atoms with Gasteiger partial charge in [0.1, 0.15) is 12.4 Å². The lowest BCUT2D eigenvalue weighted by Gasteiger charge is -2.19. The lowest BCUT2D eigenvalue weighted by atomic mass is 9.96. The average Bonchev–Trinajstić information content (AvgIpc) is 3.23. The van der Waals surface area contributed by atoms with Crippen LogP contribution in [0.3, 0.4) is 0 Å². The lowest BCUT2D eigenvalue weighted by molar-refractivity contribution is 0.0828. The minimum absolute atomic E-state index is 0.0983. The van der Waals surface area contributed by atoms with Crippen molar-refractivity contribution in [3.05, 3.63) is 69.4 Å². The van der Waals surface area contributed by atoms with Crippen molar-refractivity contribution in [3.8, 4) is 5.75 Å². The summed E-state index contributed by atoms with van der Waals surface area (Å²) in [5.41, 5.74) is 3.04. The number of rotatable bonds is 11. The fourth-order valence-electron chi connectivity index (χ4n) is 3.02. The molecule has 5 heteroatoms. The molecule has 0 unspecified atom stereocenters. The van der Waals surface area contributed by atoms with Gasteiger partial charge in [-0.3, -0.25) is 0 Å². The SMILES string of the molecule is CC/C(=C/C=C\C(O)(CC)CC)c1csc(COc2ccc(CO)c(CO)c2)c1. The highest BCUT2D eigenvalue weighted by Crippen LogP contribution is 2.27. The monoisotopic (exact) mass is 416 g/mol. The van der Waals surface area contributed by atoms with Crippen LogP contribution in [0.4, 0.5) is 0 Å². The molecule has 0 spiro atoms. The van der Waals surface area contributed by atoms with Gasteiger partial charge in [-0.2, -0.15) is 0 Å². The number of benzene rings is 1. The smallest absolute Gasteiger partial charge is 0.122 e. The fraction of sp³-hybridized carbons (Fsp3) is 0.417. The molecular weight excluding hydrogens is 384 g/mol. The highest BCUT2D eigenvalue weighted by atomic mass is 32.1. The topological polar surface area (TPSA) is 69.9 Å². The molecule has 0 saturated heterocycles. The zero-order chi connectivity index (χ0) is 21.3. The first-order valence-corrected chi connectivity index (χ1v) is 11.0. The van der Waals surface area contributed by atoms with Crippen LogP contribution in [0.25, 0.3) is 5.57 Å². The predicted molar refractivity (Wildman–Crippen MR) is 120 cm³/mol. The molecule has 0 aliphatic carbocycles. The summed E-state index contributed by atoms with van der Waals surface area (Å²) < 4.78 is 5.87. The summed E-state index contributed by atoms with van der Waals surface area (Å²) in [5, 5.41) is 31.2. The second-order valence-corrected chi connectivity index (χ2v) is 8.05. The molecule has 1 aromatic heterocycles. The van der Waals surface area contributed by atoms with Crippen molar-refractivity contribution in [2.45, 2.75) is 65.5 Å². The lowest BCUT2D eigenvalue weighted by Crippen LogP contribution is -2.22. The molecular formula is C24H32O4S. The summed E-state index contributed by atoms with van der Waals surface area (Å²) in [7, 11) is 0. The molecule has 0 saturated carbocycles. The van der Waals surface area contributed by atoms with Gasteiger partial charge < -0.3 is 20.1 Å². The van der Waals surface area contributed by atoms with E-state index in [0.29, 0.717) is 36.3 Å². The van der Waals surface area contributed by atoms with E-state index in [1.54, 1.807) is 23.5 Å². The minimum atomic E-state index is -0.734. The maximum Gasteiger partial charge on any atom is 0.122 e. The number of aliphatic hydroxyl groups is 3. The van der Waals surface area contributed by atoms with Crippen LogP contribution in [-0.4, -0.2) is 20.9 Å². The Labute approximate surface area is 177 Å². The molecule has 0 amide bonds. The standard InChI is InChI=1S/C24H32O4S/c1-4-18(8-7-11-24(27,5-2)6-3)21-13-23(29-17-21)16-28-22-10-9-19(14-25)20(12-22)15-26/h7-13,17,25-27H,4-6,14-16H2,1-3H3/b11-7-,18-8-.